The van der Waals surface area contributed by atoms with Crippen LogP contribution in [-0.2, 0) is 10.0 Å². The van der Waals surface area contributed by atoms with E-state index < -0.39 is 27.9 Å². The van der Waals surface area contributed by atoms with E-state index in [4.69, 9.17) is 0 Å². The lowest BCUT2D eigenvalue weighted by Gasteiger charge is -2.15. The van der Waals surface area contributed by atoms with Crippen LogP contribution in [0.1, 0.15) is 27.6 Å². The molecule has 30 heavy (non-hydrogen) atoms. The van der Waals surface area contributed by atoms with Gasteiger partial charge in [0.25, 0.3) is 15.9 Å². The standard InChI is InChI=1S/C22H21FN2O4S/c1-15-13-17(11-12-19(15)23)30(28,29)25-20-10-6-5-9-18(20)22(27)24-14-21(26)16-7-3-2-4-8-16/h2-13,21,25-26H,14H2,1H3,(H,24,27). The molecule has 3 rings (SSSR count). The number of aliphatic hydroxyl groups is 1. The van der Waals surface area contributed by atoms with Gasteiger partial charge in [0.1, 0.15) is 5.82 Å². The molecule has 3 aromatic rings. The first-order chi connectivity index (χ1) is 14.3. The quantitative estimate of drug-likeness (QED) is 0.538. The second-order valence-electron chi connectivity index (χ2n) is 6.70. The number of aliphatic hydroxyl groups excluding tert-OH is 1. The highest BCUT2D eigenvalue weighted by molar-refractivity contribution is 7.92. The normalized spacial score (nSPS) is 12.2. The van der Waals surface area contributed by atoms with Gasteiger partial charge in [-0.05, 0) is 48.4 Å². The number of anilines is 1. The van der Waals surface area contributed by atoms with E-state index in [1.807, 2.05) is 6.07 Å². The van der Waals surface area contributed by atoms with Crippen molar-refractivity contribution in [3.63, 3.8) is 0 Å². The van der Waals surface area contributed by atoms with E-state index in [2.05, 4.69) is 10.0 Å². The van der Waals surface area contributed by atoms with Crippen molar-refractivity contribution in [3.05, 3.63) is 95.3 Å². The van der Waals surface area contributed by atoms with Crippen LogP contribution >= 0.6 is 0 Å². The summed E-state index contributed by atoms with van der Waals surface area (Å²) >= 11 is 0. The van der Waals surface area contributed by atoms with E-state index in [0.717, 1.165) is 12.1 Å². The average molecular weight is 428 g/mol. The van der Waals surface area contributed by atoms with Crippen molar-refractivity contribution in [2.24, 2.45) is 0 Å². The summed E-state index contributed by atoms with van der Waals surface area (Å²) in [5.74, 6) is -1.05. The predicted octanol–water partition coefficient (Wildman–Crippen LogP) is 3.40. The first-order valence-electron chi connectivity index (χ1n) is 9.17. The molecule has 8 heteroatoms. The number of aryl methyl sites for hydroxylation is 1. The minimum Gasteiger partial charge on any atom is -0.387 e. The molecule has 1 atom stereocenters. The highest BCUT2D eigenvalue weighted by Crippen LogP contribution is 2.22. The van der Waals surface area contributed by atoms with Crippen LogP contribution in [0.2, 0.25) is 0 Å². The summed E-state index contributed by atoms with van der Waals surface area (Å²) in [6.45, 7) is 1.43. The molecule has 0 saturated heterocycles. The third-order valence-electron chi connectivity index (χ3n) is 4.50. The Labute approximate surface area is 174 Å². The zero-order chi connectivity index (χ0) is 21.7. The van der Waals surface area contributed by atoms with E-state index in [1.54, 1.807) is 36.4 Å². The predicted molar refractivity (Wildman–Crippen MR) is 112 cm³/mol. The van der Waals surface area contributed by atoms with E-state index in [1.165, 1.54) is 25.1 Å². The Morgan fingerprint density at radius 2 is 1.70 bits per heavy atom. The monoisotopic (exact) mass is 428 g/mol. The molecule has 0 fully saturated rings. The Morgan fingerprint density at radius 1 is 1.03 bits per heavy atom. The SMILES string of the molecule is Cc1cc(S(=O)(=O)Nc2ccccc2C(=O)NCC(O)c2ccccc2)ccc1F. The summed E-state index contributed by atoms with van der Waals surface area (Å²) in [6, 6.07) is 18.4. The molecule has 0 spiro atoms. The van der Waals surface area contributed by atoms with Gasteiger partial charge in [-0.2, -0.15) is 0 Å². The molecule has 3 N–H and O–H groups in total. The molecule has 0 aliphatic rings. The molecule has 1 unspecified atom stereocenters. The number of rotatable bonds is 7. The molecule has 3 aromatic carbocycles. The number of amides is 1. The largest absolute Gasteiger partial charge is 0.387 e. The van der Waals surface area contributed by atoms with Crippen molar-refractivity contribution in [2.45, 2.75) is 17.9 Å². The molecule has 6 nitrogen and oxygen atoms in total. The van der Waals surface area contributed by atoms with Gasteiger partial charge in [0.05, 0.1) is 22.3 Å². The maximum Gasteiger partial charge on any atom is 0.261 e. The molecule has 0 aliphatic carbocycles. The fraction of sp³-hybridized carbons (Fsp3) is 0.136. The van der Waals surface area contributed by atoms with Crippen LogP contribution in [0.5, 0.6) is 0 Å². The summed E-state index contributed by atoms with van der Waals surface area (Å²) in [6.07, 6.45) is -0.902. The summed E-state index contributed by atoms with van der Waals surface area (Å²) in [4.78, 5) is 12.5. The van der Waals surface area contributed by atoms with Crippen molar-refractivity contribution in [1.82, 2.24) is 5.32 Å². The highest BCUT2D eigenvalue weighted by atomic mass is 32.2. The third-order valence-corrected chi connectivity index (χ3v) is 5.86. The fourth-order valence-corrected chi connectivity index (χ4v) is 4.00. The molecule has 0 aromatic heterocycles. The zero-order valence-electron chi connectivity index (χ0n) is 16.2. The van der Waals surface area contributed by atoms with Crippen molar-refractivity contribution in [2.75, 3.05) is 11.3 Å². The highest BCUT2D eigenvalue weighted by Gasteiger charge is 2.20. The van der Waals surface area contributed by atoms with Crippen molar-refractivity contribution in [3.8, 4) is 0 Å². The van der Waals surface area contributed by atoms with Crippen molar-refractivity contribution < 1.29 is 22.7 Å². The lowest BCUT2D eigenvalue weighted by atomic mass is 10.1. The van der Waals surface area contributed by atoms with Crippen LogP contribution in [0.3, 0.4) is 0 Å². The topological polar surface area (TPSA) is 95.5 Å². The molecule has 0 bridgehead atoms. The van der Waals surface area contributed by atoms with Crippen LogP contribution in [0, 0.1) is 12.7 Å². The lowest BCUT2D eigenvalue weighted by Crippen LogP contribution is -2.29. The molecule has 0 radical (unpaired) electrons. The number of nitrogens with one attached hydrogen (secondary N) is 2. The molecule has 0 saturated carbocycles. The van der Waals surface area contributed by atoms with Gasteiger partial charge in [-0.15, -0.1) is 0 Å². The summed E-state index contributed by atoms with van der Waals surface area (Å²) in [7, 11) is -4.03. The van der Waals surface area contributed by atoms with Crippen molar-refractivity contribution >= 4 is 21.6 Å². The number of hydrogen-bond donors (Lipinski definition) is 3. The van der Waals surface area contributed by atoms with Gasteiger partial charge >= 0.3 is 0 Å². The Hall–Kier alpha value is -3.23. The third kappa shape index (κ3) is 5.03. The Bertz CT molecular complexity index is 1150. The van der Waals surface area contributed by atoms with E-state index in [-0.39, 0.29) is 28.3 Å². The van der Waals surface area contributed by atoms with Crippen LogP contribution < -0.4 is 10.0 Å². The maximum absolute atomic E-state index is 13.5. The second-order valence-corrected chi connectivity index (χ2v) is 8.38. The van der Waals surface area contributed by atoms with Gasteiger partial charge in [-0.3, -0.25) is 9.52 Å². The second kappa shape index (κ2) is 9.06. The number of carbonyl (C=O) groups is 1. The Morgan fingerprint density at radius 3 is 2.40 bits per heavy atom. The molecule has 0 aliphatic heterocycles. The number of sulfonamides is 1. The number of carbonyl (C=O) groups excluding carboxylic acids is 1. The summed E-state index contributed by atoms with van der Waals surface area (Å²) < 4.78 is 41.2. The van der Waals surface area contributed by atoms with E-state index >= 15 is 0 Å². The maximum atomic E-state index is 13.5. The van der Waals surface area contributed by atoms with Crippen LogP contribution in [0.15, 0.2) is 77.7 Å². The Balaban J connectivity index is 1.76. The summed E-state index contributed by atoms with van der Waals surface area (Å²) in [5.41, 5.74) is 1.02. The van der Waals surface area contributed by atoms with Gasteiger partial charge in [-0.1, -0.05) is 42.5 Å². The smallest absolute Gasteiger partial charge is 0.261 e. The van der Waals surface area contributed by atoms with Gasteiger partial charge in [0.15, 0.2) is 0 Å². The zero-order valence-corrected chi connectivity index (χ0v) is 17.0. The molecule has 0 heterocycles. The fourth-order valence-electron chi connectivity index (χ4n) is 2.84. The van der Waals surface area contributed by atoms with E-state index in [9.17, 15) is 22.7 Å². The number of halogens is 1. The summed E-state index contributed by atoms with van der Waals surface area (Å²) in [5, 5.41) is 12.8. The number of hydrogen-bond acceptors (Lipinski definition) is 4. The van der Waals surface area contributed by atoms with Gasteiger partial charge in [0, 0.05) is 6.54 Å². The van der Waals surface area contributed by atoms with Gasteiger partial charge < -0.3 is 10.4 Å². The minimum absolute atomic E-state index is 0.0406. The lowest BCUT2D eigenvalue weighted by molar-refractivity contribution is 0.0917. The van der Waals surface area contributed by atoms with E-state index in [0.29, 0.717) is 5.56 Å². The molecule has 156 valence electrons. The molecule has 1 amide bonds. The molecular weight excluding hydrogens is 407 g/mol. The van der Waals surface area contributed by atoms with Gasteiger partial charge in [0.2, 0.25) is 0 Å². The molecular formula is C22H21FN2O4S. The average Bonchev–Trinajstić information content (AvgIpc) is 2.74. The van der Waals surface area contributed by atoms with Crippen molar-refractivity contribution in [1.29, 1.82) is 0 Å². The number of para-hydroxylation sites is 1. The number of benzene rings is 3. The first kappa shape index (κ1) is 21.5. The minimum atomic E-state index is -4.03. The van der Waals surface area contributed by atoms with Crippen LogP contribution in [0.25, 0.3) is 0 Å². The van der Waals surface area contributed by atoms with Crippen LogP contribution in [0.4, 0.5) is 10.1 Å². The first-order valence-corrected chi connectivity index (χ1v) is 10.7. The van der Waals surface area contributed by atoms with Gasteiger partial charge in [-0.25, -0.2) is 12.8 Å². The van der Waals surface area contributed by atoms with Crippen LogP contribution in [-0.4, -0.2) is 26.0 Å². The Kier molecular flexibility index (Phi) is 6.49.